The van der Waals surface area contributed by atoms with Gasteiger partial charge in [-0.3, -0.25) is 4.90 Å². The van der Waals surface area contributed by atoms with Crippen LogP contribution in [-0.4, -0.2) is 65.5 Å². The summed E-state index contributed by atoms with van der Waals surface area (Å²) in [6.07, 6.45) is 1.17. The van der Waals surface area contributed by atoms with Crippen molar-refractivity contribution in [3.8, 4) is 5.75 Å². The van der Waals surface area contributed by atoms with Crippen molar-refractivity contribution in [1.82, 2.24) is 10.2 Å². The molecule has 0 aromatic heterocycles. The first-order chi connectivity index (χ1) is 10.7. The fourth-order valence-corrected chi connectivity index (χ4v) is 2.69. The van der Waals surface area contributed by atoms with Crippen molar-refractivity contribution in [3.63, 3.8) is 0 Å². The van der Waals surface area contributed by atoms with E-state index in [1.165, 1.54) is 12.0 Å². The van der Waals surface area contributed by atoms with Crippen molar-refractivity contribution < 1.29 is 9.47 Å². The molecule has 1 aromatic rings. The van der Waals surface area contributed by atoms with Crippen molar-refractivity contribution in [3.05, 3.63) is 23.8 Å². The number of nitrogens with zero attached hydrogens (tertiary/aromatic N) is 2. The molecule has 0 unspecified atom stereocenters. The zero-order valence-corrected chi connectivity index (χ0v) is 14.1. The molecular formula is C17H29N3O2. The van der Waals surface area contributed by atoms with E-state index in [2.05, 4.69) is 33.3 Å². The zero-order valence-electron chi connectivity index (χ0n) is 14.1. The van der Waals surface area contributed by atoms with Gasteiger partial charge in [0, 0.05) is 33.7 Å². The van der Waals surface area contributed by atoms with Crippen LogP contribution in [0.4, 0.5) is 5.69 Å². The third-order valence-electron chi connectivity index (χ3n) is 3.99. The first-order valence-electron chi connectivity index (χ1n) is 8.06. The second-order valence-electron chi connectivity index (χ2n) is 5.88. The summed E-state index contributed by atoms with van der Waals surface area (Å²) in [7, 11) is 5.78. The molecular weight excluding hydrogens is 278 g/mol. The highest BCUT2D eigenvalue weighted by Crippen LogP contribution is 2.27. The lowest BCUT2D eigenvalue weighted by Gasteiger charge is -2.26. The van der Waals surface area contributed by atoms with Gasteiger partial charge in [0.05, 0.1) is 26.0 Å². The predicted octanol–water partition coefficient (Wildman–Crippen LogP) is 1.57. The number of hydrogen-bond acceptors (Lipinski definition) is 5. The first-order valence-corrected chi connectivity index (χ1v) is 8.06. The monoisotopic (exact) mass is 307 g/mol. The topological polar surface area (TPSA) is 37.0 Å². The fraction of sp³-hybridized carbons (Fsp3) is 0.647. The number of morpholine rings is 1. The van der Waals surface area contributed by atoms with E-state index in [4.69, 9.17) is 9.47 Å². The number of anilines is 1. The summed E-state index contributed by atoms with van der Waals surface area (Å²) in [5.41, 5.74) is 2.37. The molecule has 5 heteroatoms. The third kappa shape index (κ3) is 5.16. The van der Waals surface area contributed by atoms with Crippen LogP contribution in [0.1, 0.15) is 12.0 Å². The summed E-state index contributed by atoms with van der Waals surface area (Å²) in [5, 5.41) is 3.51. The van der Waals surface area contributed by atoms with Crippen LogP contribution in [0.25, 0.3) is 0 Å². The van der Waals surface area contributed by atoms with Gasteiger partial charge in [-0.25, -0.2) is 0 Å². The van der Waals surface area contributed by atoms with Crippen LogP contribution in [0.3, 0.4) is 0 Å². The standard InChI is InChI=1S/C17H29N3O2/c1-19(2)16-6-5-15(13-17(16)21-3)14-18-7-4-8-20-9-11-22-12-10-20/h5-6,13,18H,4,7-12,14H2,1-3H3. The molecule has 1 aromatic carbocycles. The van der Waals surface area contributed by atoms with Crippen LogP contribution in [0.2, 0.25) is 0 Å². The van der Waals surface area contributed by atoms with Gasteiger partial charge in [-0.05, 0) is 37.2 Å². The molecule has 1 saturated heterocycles. The average molecular weight is 307 g/mol. The molecule has 0 aliphatic carbocycles. The third-order valence-corrected chi connectivity index (χ3v) is 3.99. The van der Waals surface area contributed by atoms with E-state index in [9.17, 15) is 0 Å². The molecule has 1 N–H and O–H groups in total. The average Bonchev–Trinajstić information content (AvgIpc) is 2.55. The van der Waals surface area contributed by atoms with E-state index < -0.39 is 0 Å². The van der Waals surface area contributed by atoms with Crippen LogP contribution >= 0.6 is 0 Å². The van der Waals surface area contributed by atoms with Crippen LogP contribution < -0.4 is 15.0 Å². The van der Waals surface area contributed by atoms with Gasteiger partial charge >= 0.3 is 0 Å². The lowest BCUT2D eigenvalue weighted by atomic mass is 10.1. The van der Waals surface area contributed by atoms with E-state index >= 15 is 0 Å². The fourth-order valence-electron chi connectivity index (χ4n) is 2.69. The van der Waals surface area contributed by atoms with Crippen LogP contribution in [-0.2, 0) is 11.3 Å². The molecule has 1 aliphatic rings. The number of hydrogen-bond donors (Lipinski definition) is 1. The predicted molar refractivity (Wildman–Crippen MR) is 90.9 cm³/mol. The summed E-state index contributed by atoms with van der Waals surface area (Å²) in [4.78, 5) is 4.54. The molecule has 0 bridgehead atoms. The number of rotatable bonds is 8. The lowest BCUT2D eigenvalue weighted by molar-refractivity contribution is 0.0374. The summed E-state index contributed by atoms with van der Waals surface area (Å²) in [5.74, 6) is 0.928. The second-order valence-corrected chi connectivity index (χ2v) is 5.88. The summed E-state index contributed by atoms with van der Waals surface area (Å²) >= 11 is 0. The molecule has 0 atom stereocenters. The highest BCUT2D eigenvalue weighted by molar-refractivity contribution is 5.58. The van der Waals surface area contributed by atoms with Gasteiger partial charge in [-0.15, -0.1) is 0 Å². The van der Waals surface area contributed by atoms with Gasteiger partial charge in [-0.2, -0.15) is 0 Å². The van der Waals surface area contributed by atoms with Gasteiger partial charge in [0.15, 0.2) is 0 Å². The van der Waals surface area contributed by atoms with Gasteiger partial charge in [0.2, 0.25) is 0 Å². The maximum absolute atomic E-state index is 5.47. The Labute approximate surface area is 134 Å². The minimum Gasteiger partial charge on any atom is -0.495 e. The van der Waals surface area contributed by atoms with Gasteiger partial charge < -0.3 is 19.7 Å². The van der Waals surface area contributed by atoms with Crippen molar-refractivity contribution in [2.45, 2.75) is 13.0 Å². The highest BCUT2D eigenvalue weighted by atomic mass is 16.5. The maximum atomic E-state index is 5.47. The van der Waals surface area contributed by atoms with E-state index in [0.717, 1.165) is 57.4 Å². The summed E-state index contributed by atoms with van der Waals surface area (Å²) in [6, 6.07) is 6.39. The Kier molecular flexibility index (Phi) is 6.96. The van der Waals surface area contributed by atoms with Crippen LogP contribution in [0.15, 0.2) is 18.2 Å². The van der Waals surface area contributed by atoms with Gasteiger partial charge in [0.25, 0.3) is 0 Å². The largest absolute Gasteiger partial charge is 0.495 e. The molecule has 0 radical (unpaired) electrons. The molecule has 124 valence electrons. The van der Waals surface area contributed by atoms with Crippen molar-refractivity contribution >= 4 is 5.69 Å². The lowest BCUT2D eigenvalue weighted by Crippen LogP contribution is -2.37. The zero-order chi connectivity index (χ0) is 15.8. The summed E-state index contributed by atoms with van der Waals surface area (Å²) < 4.78 is 10.8. The molecule has 1 fully saturated rings. The Bertz CT molecular complexity index is 446. The SMILES string of the molecule is COc1cc(CNCCCN2CCOCC2)ccc1N(C)C. The maximum Gasteiger partial charge on any atom is 0.142 e. The molecule has 22 heavy (non-hydrogen) atoms. The van der Waals surface area contributed by atoms with Gasteiger partial charge in [-0.1, -0.05) is 6.07 Å². The number of benzene rings is 1. The normalized spacial score (nSPS) is 15.8. The van der Waals surface area contributed by atoms with E-state index in [0.29, 0.717) is 0 Å². The smallest absolute Gasteiger partial charge is 0.142 e. The molecule has 0 saturated carbocycles. The Morgan fingerprint density at radius 2 is 2.05 bits per heavy atom. The van der Waals surface area contributed by atoms with E-state index in [1.807, 2.05) is 14.1 Å². The Balaban J connectivity index is 1.70. The quantitative estimate of drug-likeness (QED) is 0.738. The number of ether oxygens (including phenoxy) is 2. The van der Waals surface area contributed by atoms with E-state index in [1.54, 1.807) is 7.11 Å². The van der Waals surface area contributed by atoms with Crippen molar-refractivity contribution in [1.29, 1.82) is 0 Å². The van der Waals surface area contributed by atoms with Crippen LogP contribution in [0.5, 0.6) is 5.75 Å². The highest BCUT2D eigenvalue weighted by Gasteiger charge is 2.09. The minimum atomic E-state index is 0.880. The number of nitrogens with one attached hydrogen (secondary N) is 1. The molecule has 0 spiro atoms. The number of methoxy groups -OCH3 is 1. The van der Waals surface area contributed by atoms with Crippen molar-refractivity contribution in [2.24, 2.45) is 0 Å². The summed E-state index contributed by atoms with van der Waals surface area (Å²) in [6.45, 7) is 6.98. The molecule has 0 amide bonds. The minimum absolute atomic E-state index is 0.880. The second kappa shape index (κ2) is 8.98. The van der Waals surface area contributed by atoms with E-state index in [-0.39, 0.29) is 0 Å². The Morgan fingerprint density at radius 1 is 1.27 bits per heavy atom. The first kappa shape index (κ1) is 17.1. The Hall–Kier alpha value is -1.30. The molecule has 5 nitrogen and oxygen atoms in total. The molecule has 2 rings (SSSR count). The Morgan fingerprint density at radius 3 is 2.73 bits per heavy atom. The van der Waals surface area contributed by atoms with Gasteiger partial charge in [0.1, 0.15) is 5.75 Å². The molecule has 1 aliphatic heterocycles. The van der Waals surface area contributed by atoms with Crippen LogP contribution in [0, 0.1) is 0 Å². The molecule has 1 heterocycles. The van der Waals surface area contributed by atoms with Crippen molar-refractivity contribution in [2.75, 3.05) is 65.5 Å².